The Balaban J connectivity index is 1.62. The van der Waals surface area contributed by atoms with Crippen LogP contribution in [0.4, 0.5) is 0 Å². The van der Waals surface area contributed by atoms with Gasteiger partial charge in [0.05, 0.1) is 12.2 Å². The van der Waals surface area contributed by atoms with Gasteiger partial charge in [0.2, 0.25) is 0 Å². The molecule has 0 aromatic rings. The summed E-state index contributed by atoms with van der Waals surface area (Å²) in [6.07, 6.45) is 14.1. The fourth-order valence-corrected chi connectivity index (χ4v) is 3.73. The summed E-state index contributed by atoms with van der Waals surface area (Å²) in [6.45, 7) is 6.53. The van der Waals surface area contributed by atoms with Crippen molar-refractivity contribution in [3.05, 3.63) is 0 Å². The molecule has 0 heterocycles. The van der Waals surface area contributed by atoms with Gasteiger partial charge in [0.15, 0.2) is 0 Å². The summed E-state index contributed by atoms with van der Waals surface area (Å²) in [5.41, 5.74) is 0. The minimum atomic E-state index is 0.489. The van der Waals surface area contributed by atoms with Crippen LogP contribution in [0.1, 0.15) is 78.1 Å². The van der Waals surface area contributed by atoms with Crippen molar-refractivity contribution in [3.63, 3.8) is 0 Å². The molecule has 3 unspecified atom stereocenters. The van der Waals surface area contributed by atoms with E-state index in [1.54, 1.807) is 0 Å². The fourth-order valence-electron chi connectivity index (χ4n) is 3.73. The lowest BCUT2D eigenvalue weighted by atomic mass is 9.85. The van der Waals surface area contributed by atoms with Gasteiger partial charge in [-0.05, 0) is 50.4 Å². The van der Waals surface area contributed by atoms with Crippen molar-refractivity contribution in [1.82, 2.24) is 0 Å². The molecule has 0 aromatic heterocycles. The van der Waals surface area contributed by atoms with Gasteiger partial charge in [0.25, 0.3) is 0 Å². The Labute approximate surface area is 125 Å². The van der Waals surface area contributed by atoms with Crippen molar-refractivity contribution < 1.29 is 9.47 Å². The van der Waals surface area contributed by atoms with E-state index < -0.39 is 0 Å². The second-order valence-corrected chi connectivity index (χ2v) is 7.01. The first-order valence-corrected chi connectivity index (χ1v) is 9.02. The molecule has 2 nitrogen and oxygen atoms in total. The SMILES string of the molecule is CCCCOC1CCC(OCC2CCCCC2)C(C)C1. The quantitative estimate of drug-likeness (QED) is 0.615. The number of ether oxygens (including phenoxy) is 2. The highest BCUT2D eigenvalue weighted by Crippen LogP contribution is 2.31. The third-order valence-electron chi connectivity index (χ3n) is 5.16. The molecular weight excluding hydrogens is 248 g/mol. The van der Waals surface area contributed by atoms with Gasteiger partial charge in [-0.25, -0.2) is 0 Å². The summed E-state index contributed by atoms with van der Waals surface area (Å²) in [4.78, 5) is 0. The van der Waals surface area contributed by atoms with Crippen molar-refractivity contribution in [2.45, 2.75) is 90.3 Å². The van der Waals surface area contributed by atoms with Crippen LogP contribution < -0.4 is 0 Å². The molecule has 0 saturated heterocycles. The van der Waals surface area contributed by atoms with Crippen LogP contribution in [0.3, 0.4) is 0 Å². The molecule has 2 fully saturated rings. The Morgan fingerprint density at radius 1 is 0.950 bits per heavy atom. The summed E-state index contributed by atoms with van der Waals surface area (Å²) >= 11 is 0. The molecule has 3 atom stereocenters. The molecule has 2 aliphatic rings. The van der Waals surface area contributed by atoms with Crippen molar-refractivity contribution in [2.75, 3.05) is 13.2 Å². The zero-order valence-electron chi connectivity index (χ0n) is 13.6. The average molecular weight is 282 g/mol. The predicted octanol–water partition coefficient (Wildman–Crippen LogP) is 4.96. The fraction of sp³-hybridized carbons (Fsp3) is 1.00. The Morgan fingerprint density at radius 2 is 1.75 bits per heavy atom. The van der Waals surface area contributed by atoms with Crippen LogP contribution >= 0.6 is 0 Å². The van der Waals surface area contributed by atoms with E-state index in [0.717, 1.165) is 19.1 Å². The van der Waals surface area contributed by atoms with Gasteiger partial charge in [0, 0.05) is 13.2 Å². The minimum absolute atomic E-state index is 0.489. The molecule has 118 valence electrons. The largest absolute Gasteiger partial charge is 0.378 e. The lowest BCUT2D eigenvalue weighted by Gasteiger charge is -2.35. The highest BCUT2D eigenvalue weighted by Gasteiger charge is 2.29. The van der Waals surface area contributed by atoms with E-state index >= 15 is 0 Å². The number of hydrogen-bond donors (Lipinski definition) is 0. The summed E-state index contributed by atoms with van der Waals surface area (Å²) in [6, 6.07) is 0. The zero-order chi connectivity index (χ0) is 14.2. The first kappa shape index (κ1) is 16.3. The predicted molar refractivity (Wildman–Crippen MR) is 84.0 cm³/mol. The van der Waals surface area contributed by atoms with Gasteiger partial charge in [-0.3, -0.25) is 0 Å². The molecule has 2 rings (SSSR count). The van der Waals surface area contributed by atoms with Gasteiger partial charge in [-0.2, -0.15) is 0 Å². The van der Waals surface area contributed by atoms with Crippen LogP contribution in [0.5, 0.6) is 0 Å². The molecule has 0 aromatic carbocycles. The number of hydrogen-bond acceptors (Lipinski definition) is 2. The normalized spacial score (nSPS) is 32.4. The minimum Gasteiger partial charge on any atom is -0.378 e. The third kappa shape index (κ3) is 5.37. The van der Waals surface area contributed by atoms with Gasteiger partial charge < -0.3 is 9.47 Å². The van der Waals surface area contributed by atoms with Crippen LogP contribution in [0.2, 0.25) is 0 Å². The topological polar surface area (TPSA) is 18.5 Å². The van der Waals surface area contributed by atoms with E-state index in [2.05, 4.69) is 13.8 Å². The molecule has 2 heteroatoms. The summed E-state index contributed by atoms with van der Waals surface area (Å²) < 4.78 is 12.2. The van der Waals surface area contributed by atoms with Gasteiger partial charge in [0.1, 0.15) is 0 Å². The van der Waals surface area contributed by atoms with Crippen molar-refractivity contribution >= 4 is 0 Å². The second-order valence-electron chi connectivity index (χ2n) is 7.01. The molecule has 0 aliphatic heterocycles. The first-order chi connectivity index (χ1) is 9.79. The van der Waals surface area contributed by atoms with Crippen LogP contribution in [0.25, 0.3) is 0 Å². The standard InChI is InChI=1S/C18H34O2/c1-3-4-12-19-17-10-11-18(15(2)13-17)20-14-16-8-6-5-7-9-16/h15-18H,3-14H2,1-2H3. The average Bonchev–Trinajstić information content (AvgIpc) is 2.48. The Kier molecular flexibility index (Phi) is 7.37. The van der Waals surface area contributed by atoms with Crippen LogP contribution in [0.15, 0.2) is 0 Å². The van der Waals surface area contributed by atoms with Crippen LogP contribution in [0, 0.1) is 11.8 Å². The molecule has 0 radical (unpaired) electrons. The van der Waals surface area contributed by atoms with Crippen molar-refractivity contribution in [3.8, 4) is 0 Å². The molecule has 2 saturated carbocycles. The highest BCUT2D eigenvalue weighted by atomic mass is 16.5. The van der Waals surface area contributed by atoms with E-state index in [0.29, 0.717) is 18.1 Å². The van der Waals surface area contributed by atoms with E-state index in [-0.39, 0.29) is 0 Å². The van der Waals surface area contributed by atoms with Crippen LogP contribution in [-0.4, -0.2) is 25.4 Å². The zero-order valence-corrected chi connectivity index (χ0v) is 13.6. The van der Waals surface area contributed by atoms with Crippen LogP contribution in [-0.2, 0) is 9.47 Å². The Hall–Kier alpha value is -0.0800. The first-order valence-electron chi connectivity index (χ1n) is 9.02. The van der Waals surface area contributed by atoms with Gasteiger partial charge in [-0.1, -0.05) is 39.5 Å². The van der Waals surface area contributed by atoms with Gasteiger partial charge in [-0.15, -0.1) is 0 Å². The summed E-state index contributed by atoms with van der Waals surface area (Å²) in [5, 5.41) is 0. The Morgan fingerprint density at radius 3 is 2.45 bits per heavy atom. The maximum absolute atomic E-state index is 6.25. The van der Waals surface area contributed by atoms with E-state index in [9.17, 15) is 0 Å². The molecular formula is C18H34O2. The second kappa shape index (κ2) is 9.04. The van der Waals surface area contributed by atoms with E-state index in [1.165, 1.54) is 64.2 Å². The lowest BCUT2D eigenvalue weighted by molar-refractivity contribution is -0.0700. The number of rotatable bonds is 7. The number of unbranched alkanes of at least 4 members (excludes halogenated alkanes) is 1. The molecule has 20 heavy (non-hydrogen) atoms. The molecule has 0 spiro atoms. The molecule has 0 N–H and O–H groups in total. The monoisotopic (exact) mass is 282 g/mol. The van der Waals surface area contributed by atoms with Gasteiger partial charge >= 0.3 is 0 Å². The van der Waals surface area contributed by atoms with E-state index in [4.69, 9.17) is 9.47 Å². The van der Waals surface area contributed by atoms with Crippen molar-refractivity contribution in [2.24, 2.45) is 11.8 Å². The molecule has 2 aliphatic carbocycles. The van der Waals surface area contributed by atoms with Crippen molar-refractivity contribution in [1.29, 1.82) is 0 Å². The maximum atomic E-state index is 6.25. The van der Waals surface area contributed by atoms with E-state index in [1.807, 2.05) is 0 Å². The third-order valence-corrected chi connectivity index (χ3v) is 5.16. The molecule has 0 bridgehead atoms. The maximum Gasteiger partial charge on any atom is 0.0602 e. The Bertz CT molecular complexity index is 248. The highest BCUT2D eigenvalue weighted by molar-refractivity contribution is 4.79. The summed E-state index contributed by atoms with van der Waals surface area (Å²) in [5.74, 6) is 1.51. The lowest BCUT2D eigenvalue weighted by Crippen LogP contribution is -2.34. The smallest absolute Gasteiger partial charge is 0.0602 e. The summed E-state index contributed by atoms with van der Waals surface area (Å²) in [7, 11) is 0. The molecule has 0 amide bonds.